The van der Waals surface area contributed by atoms with Gasteiger partial charge in [0, 0.05) is 18.0 Å². The van der Waals surface area contributed by atoms with Crippen molar-refractivity contribution in [1.82, 2.24) is 15.3 Å². The third kappa shape index (κ3) is 2.24. The molecular weight excluding hydrogens is 243 g/mol. The number of aromatic amines is 1. The summed E-state index contributed by atoms with van der Waals surface area (Å²) >= 11 is 0. The van der Waals surface area contributed by atoms with E-state index >= 15 is 0 Å². The first kappa shape index (κ1) is 12.6. The van der Waals surface area contributed by atoms with Crippen LogP contribution in [0.5, 0.6) is 0 Å². The van der Waals surface area contributed by atoms with Crippen molar-refractivity contribution < 1.29 is 13.2 Å². The number of rotatable bonds is 4. The van der Waals surface area contributed by atoms with Gasteiger partial charge in [-0.25, -0.2) is 18.2 Å². The Morgan fingerprint density at radius 1 is 1.28 bits per heavy atom. The van der Waals surface area contributed by atoms with Gasteiger partial charge < -0.3 is 10.3 Å². The van der Waals surface area contributed by atoms with Crippen molar-refractivity contribution >= 4 is 0 Å². The van der Waals surface area contributed by atoms with Crippen molar-refractivity contribution in [2.75, 3.05) is 6.54 Å². The van der Waals surface area contributed by atoms with E-state index in [4.69, 9.17) is 0 Å². The molecule has 0 amide bonds. The second-order valence-corrected chi connectivity index (χ2v) is 3.73. The summed E-state index contributed by atoms with van der Waals surface area (Å²) < 4.78 is 39.8. The third-order valence-electron chi connectivity index (χ3n) is 2.58. The van der Waals surface area contributed by atoms with Gasteiger partial charge in [-0.3, -0.25) is 0 Å². The summed E-state index contributed by atoms with van der Waals surface area (Å²) in [5.74, 6) is -3.42. The predicted molar refractivity (Wildman–Crippen MR) is 60.4 cm³/mol. The molecule has 2 aromatic rings. The maximum Gasteiger partial charge on any atom is 0.194 e. The highest BCUT2D eigenvalue weighted by atomic mass is 19.2. The number of hydrogen-bond donors (Lipinski definition) is 2. The molecule has 2 N–H and O–H groups in total. The second kappa shape index (κ2) is 5.22. The van der Waals surface area contributed by atoms with Gasteiger partial charge in [0.2, 0.25) is 0 Å². The standard InChI is InChI=1S/C12H12F3N3/c1-2-16-11(12-17-5-6-18-12)7-3-4-8(13)10(15)9(7)14/h3-6,11,16H,2H2,1H3,(H,17,18). The SMILES string of the molecule is CCNC(c1ncc[nH]1)c1ccc(F)c(F)c1F. The molecule has 0 aliphatic carbocycles. The molecule has 1 unspecified atom stereocenters. The lowest BCUT2D eigenvalue weighted by atomic mass is 10.0. The van der Waals surface area contributed by atoms with Crippen molar-refractivity contribution in [3.05, 3.63) is 53.4 Å². The number of hydrogen-bond acceptors (Lipinski definition) is 2. The van der Waals surface area contributed by atoms with Gasteiger partial charge in [-0.15, -0.1) is 0 Å². The number of benzene rings is 1. The van der Waals surface area contributed by atoms with Crippen LogP contribution in [0.15, 0.2) is 24.5 Å². The Morgan fingerprint density at radius 2 is 2.06 bits per heavy atom. The third-order valence-corrected chi connectivity index (χ3v) is 2.58. The second-order valence-electron chi connectivity index (χ2n) is 3.73. The zero-order chi connectivity index (χ0) is 13.1. The molecule has 2 rings (SSSR count). The quantitative estimate of drug-likeness (QED) is 0.824. The molecule has 3 nitrogen and oxygen atoms in total. The Balaban J connectivity index is 2.47. The first-order valence-electron chi connectivity index (χ1n) is 5.51. The largest absolute Gasteiger partial charge is 0.347 e. The molecule has 0 fully saturated rings. The van der Waals surface area contributed by atoms with Crippen LogP contribution >= 0.6 is 0 Å². The molecule has 1 heterocycles. The normalized spacial score (nSPS) is 12.7. The van der Waals surface area contributed by atoms with Crippen LogP contribution in [0.2, 0.25) is 0 Å². The van der Waals surface area contributed by atoms with Gasteiger partial charge in [-0.05, 0) is 12.6 Å². The number of aromatic nitrogens is 2. The fourth-order valence-corrected chi connectivity index (χ4v) is 1.76. The monoisotopic (exact) mass is 255 g/mol. The van der Waals surface area contributed by atoms with Crippen LogP contribution in [-0.4, -0.2) is 16.5 Å². The molecule has 0 bridgehead atoms. The van der Waals surface area contributed by atoms with Crippen molar-refractivity contribution in [2.24, 2.45) is 0 Å². The first-order chi connectivity index (χ1) is 8.65. The maximum absolute atomic E-state index is 13.7. The summed E-state index contributed by atoms with van der Waals surface area (Å²) in [6.45, 7) is 2.36. The number of nitrogens with one attached hydrogen (secondary N) is 2. The topological polar surface area (TPSA) is 40.7 Å². The van der Waals surface area contributed by atoms with Crippen LogP contribution in [0.4, 0.5) is 13.2 Å². The Bertz CT molecular complexity index is 526. The molecule has 0 saturated carbocycles. The fraction of sp³-hybridized carbons (Fsp3) is 0.250. The molecule has 1 aromatic heterocycles. The Hall–Kier alpha value is -1.82. The van der Waals surface area contributed by atoms with Crippen molar-refractivity contribution in [3.63, 3.8) is 0 Å². The van der Waals surface area contributed by atoms with Gasteiger partial charge in [0.25, 0.3) is 0 Å². The molecule has 0 aliphatic heterocycles. The number of imidazole rings is 1. The first-order valence-corrected chi connectivity index (χ1v) is 5.51. The van der Waals surface area contributed by atoms with Crippen LogP contribution in [0.3, 0.4) is 0 Å². The Labute approximate surface area is 102 Å². The lowest BCUT2D eigenvalue weighted by Gasteiger charge is -2.17. The molecule has 18 heavy (non-hydrogen) atoms. The number of H-pyrrole nitrogens is 1. The van der Waals surface area contributed by atoms with Gasteiger partial charge in [0.05, 0.1) is 6.04 Å². The van der Waals surface area contributed by atoms with Crippen LogP contribution in [-0.2, 0) is 0 Å². The molecule has 0 saturated heterocycles. The van der Waals surface area contributed by atoms with Gasteiger partial charge >= 0.3 is 0 Å². The van der Waals surface area contributed by atoms with Crippen molar-refractivity contribution in [1.29, 1.82) is 0 Å². The van der Waals surface area contributed by atoms with E-state index in [0.717, 1.165) is 6.07 Å². The molecule has 96 valence electrons. The van der Waals surface area contributed by atoms with E-state index < -0.39 is 23.5 Å². The summed E-state index contributed by atoms with van der Waals surface area (Å²) in [6, 6.07) is 1.48. The lowest BCUT2D eigenvalue weighted by Crippen LogP contribution is -2.24. The fourth-order valence-electron chi connectivity index (χ4n) is 1.76. The molecule has 0 aliphatic rings. The van der Waals surface area contributed by atoms with Gasteiger partial charge in [-0.1, -0.05) is 13.0 Å². The summed E-state index contributed by atoms with van der Waals surface area (Å²) in [7, 11) is 0. The van der Waals surface area contributed by atoms with Crippen LogP contribution < -0.4 is 5.32 Å². The van der Waals surface area contributed by atoms with E-state index in [0.29, 0.717) is 12.4 Å². The van der Waals surface area contributed by atoms with Crippen molar-refractivity contribution in [2.45, 2.75) is 13.0 Å². The van der Waals surface area contributed by atoms with Crippen LogP contribution in [0.1, 0.15) is 24.4 Å². The maximum atomic E-state index is 13.7. The number of nitrogens with zero attached hydrogens (tertiary/aromatic N) is 1. The van der Waals surface area contributed by atoms with E-state index in [2.05, 4.69) is 15.3 Å². The van der Waals surface area contributed by atoms with Gasteiger partial charge in [0.1, 0.15) is 5.82 Å². The van der Waals surface area contributed by atoms with E-state index in [1.54, 1.807) is 6.20 Å². The molecule has 6 heteroatoms. The summed E-state index contributed by atoms with van der Waals surface area (Å²) in [6.07, 6.45) is 3.09. The minimum atomic E-state index is -1.47. The van der Waals surface area contributed by atoms with Crippen LogP contribution in [0.25, 0.3) is 0 Å². The highest BCUT2D eigenvalue weighted by Gasteiger charge is 2.23. The average Bonchev–Trinajstić information content (AvgIpc) is 2.88. The lowest BCUT2D eigenvalue weighted by molar-refractivity contribution is 0.431. The highest BCUT2D eigenvalue weighted by Crippen LogP contribution is 2.24. The molecular formula is C12H12F3N3. The van der Waals surface area contributed by atoms with E-state index in [1.807, 2.05) is 6.92 Å². The smallest absolute Gasteiger partial charge is 0.194 e. The summed E-state index contributed by atoms with van der Waals surface area (Å²) in [5, 5.41) is 2.97. The predicted octanol–water partition coefficient (Wildman–Crippen LogP) is 2.53. The van der Waals surface area contributed by atoms with Gasteiger partial charge in [0.15, 0.2) is 17.5 Å². The summed E-state index contributed by atoms with van der Waals surface area (Å²) in [5.41, 5.74) is 0.0192. The zero-order valence-electron chi connectivity index (χ0n) is 9.67. The minimum Gasteiger partial charge on any atom is -0.347 e. The molecule has 0 radical (unpaired) electrons. The average molecular weight is 255 g/mol. The molecule has 1 atom stereocenters. The van der Waals surface area contributed by atoms with Crippen LogP contribution in [0, 0.1) is 17.5 Å². The van der Waals surface area contributed by atoms with E-state index in [1.165, 1.54) is 12.3 Å². The molecule has 0 spiro atoms. The van der Waals surface area contributed by atoms with E-state index in [-0.39, 0.29) is 5.56 Å². The number of halogens is 3. The summed E-state index contributed by atoms with van der Waals surface area (Å²) in [4.78, 5) is 6.83. The van der Waals surface area contributed by atoms with Gasteiger partial charge in [-0.2, -0.15) is 0 Å². The highest BCUT2D eigenvalue weighted by molar-refractivity contribution is 5.28. The Morgan fingerprint density at radius 3 is 2.67 bits per heavy atom. The van der Waals surface area contributed by atoms with E-state index in [9.17, 15) is 13.2 Å². The van der Waals surface area contributed by atoms with Crippen molar-refractivity contribution in [3.8, 4) is 0 Å². The minimum absolute atomic E-state index is 0.0192. The molecule has 1 aromatic carbocycles. The zero-order valence-corrected chi connectivity index (χ0v) is 9.67. The Kier molecular flexibility index (Phi) is 3.66.